The van der Waals surface area contributed by atoms with Gasteiger partial charge < -0.3 is 19.6 Å². The Hall–Kier alpha value is -1.72. The first kappa shape index (κ1) is 18.3. The second kappa shape index (κ2) is 10.1. The van der Waals surface area contributed by atoms with Crippen LogP contribution in [0.3, 0.4) is 0 Å². The molecule has 0 aliphatic carbocycles. The molecule has 1 fully saturated rings. The SMILES string of the molecule is CC1CNC(C=O)C1.COC(C)C(=O)OCc1ccccc1. The molecule has 5 nitrogen and oxygen atoms in total. The van der Waals surface area contributed by atoms with E-state index in [4.69, 9.17) is 9.47 Å². The Morgan fingerprint density at radius 3 is 2.55 bits per heavy atom. The standard InChI is InChI=1S/C11H14O3.C6H11NO/c1-9(13-2)11(12)14-8-10-6-4-3-5-7-10;1-5-2-6(4-8)7-3-5/h3-7,9H,8H2,1-2H3;4-7H,2-3H2,1H3. The second-order valence-corrected chi connectivity index (χ2v) is 5.46. The van der Waals surface area contributed by atoms with Gasteiger partial charge in [0, 0.05) is 7.11 Å². The van der Waals surface area contributed by atoms with Gasteiger partial charge >= 0.3 is 5.97 Å². The lowest BCUT2D eigenvalue weighted by atomic mass is 10.1. The molecular weight excluding hydrogens is 282 g/mol. The lowest BCUT2D eigenvalue weighted by Crippen LogP contribution is -2.22. The van der Waals surface area contributed by atoms with E-state index in [9.17, 15) is 9.59 Å². The van der Waals surface area contributed by atoms with Crippen LogP contribution in [0, 0.1) is 5.92 Å². The summed E-state index contributed by atoms with van der Waals surface area (Å²) in [5.41, 5.74) is 0.976. The fraction of sp³-hybridized carbons (Fsp3) is 0.529. The first-order chi connectivity index (χ1) is 10.6. The number of nitrogens with one attached hydrogen (secondary N) is 1. The van der Waals surface area contributed by atoms with E-state index in [0.29, 0.717) is 12.5 Å². The number of esters is 1. The Kier molecular flexibility index (Phi) is 8.40. The maximum Gasteiger partial charge on any atom is 0.335 e. The summed E-state index contributed by atoms with van der Waals surface area (Å²) in [7, 11) is 1.48. The van der Waals surface area contributed by atoms with E-state index in [0.717, 1.165) is 24.8 Å². The number of methoxy groups -OCH3 is 1. The van der Waals surface area contributed by atoms with Crippen molar-refractivity contribution in [3.8, 4) is 0 Å². The number of aldehydes is 1. The average molecular weight is 307 g/mol. The molecule has 1 N–H and O–H groups in total. The number of rotatable bonds is 5. The molecule has 0 amide bonds. The van der Waals surface area contributed by atoms with Crippen LogP contribution >= 0.6 is 0 Å². The van der Waals surface area contributed by atoms with Crippen LogP contribution in [0.1, 0.15) is 25.8 Å². The summed E-state index contributed by atoms with van der Waals surface area (Å²) in [6.45, 7) is 5.11. The van der Waals surface area contributed by atoms with Gasteiger partial charge in [-0.05, 0) is 31.4 Å². The molecule has 1 aliphatic rings. The van der Waals surface area contributed by atoms with Crippen molar-refractivity contribution in [3.63, 3.8) is 0 Å². The van der Waals surface area contributed by atoms with Crippen LogP contribution in [0.2, 0.25) is 0 Å². The van der Waals surface area contributed by atoms with Crippen molar-refractivity contribution in [2.75, 3.05) is 13.7 Å². The molecule has 3 atom stereocenters. The van der Waals surface area contributed by atoms with E-state index >= 15 is 0 Å². The van der Waals surface area contributed by atoms with Crippen LogP contribution < -0.4 is 5.32 Å². The smallest absolute Gasteiger partial charge is 0.335 e. The van der Waals surface area contributed by atoms with E-state index < -0.39 is 6.10 Å². The van der Waals surface area contributed by atoms with Gasteiger partial charge in [0.25, 0.3) is 0 Å². The van der Waals surface area contributed by atoms with Gasteiger partial charge in [0.15, 0.2) is 6.10 Å². The lowest BCUT2D eigenvalue weighted by Gasteiger charge is -2.09. The maximum atomic E-state index is 11.2. The fourth-order valence-electron chi connectivity index (χ4n) is 2.00. The first-order valence-electron chi connectivity index (χ1n) is 7.48. The molecule has 0 bridgehead atoms. The molecule has 0 radical (unpaired) electrons. The molecule has 122 valence electrons. The highest BCUT2D eigenvalue weighted by Crippen LogP contribution is 2.09. The van der Waals surface area contributed by atoms with E-state index in [1.54, 1.807) is 6.92 Å². The van der Waals surface area contributed by atoms with E-state index in [1.807, 2.05) is 30.3 Å². The van der Waals surface area contributed by atoms with Gasteiger partial charge in [-0.25, -0.2) is 4.79 Å². The molecule has 3 unspecified atom stereocenters. The van der Waals surface area contributed by atoms with Crippen LogP contribution in [-0.4, -0.2) is 38.1 Å². The van der Waals surface area contributed by atoms with Gasteiger partial charge in [0.05, 0.1) is 6.04 Å². The average Bonchev–Trinajstić information content (AvgIpc) is 2.99. The van der Waals surface area contributed by atoms with Gasteiger partial charge in [-0.2, -0.15) is 0 Å². The summed E-state index contributed by atoms with van der Waals surface area (Å²) in [6, 6.07) is 9.69. The number of hydrogen-bond acceptors (Lipinski definition) is 5. The molecule has 0 saturated carbocycles. The third-order valence-corrected chi connectivity index (χ3v) is 3.46. The van der Waals surface area contributed by atoms with Crippen LogP contribution in [0.25, 0.3) is 0 Å². The van der Waals surface area contributed by atoms with Crippen molar-refractivity contribution in [1.82, 2.24) is 5.32 Å². The highest BCUT2D eigenvalue weighted by molar-refractivity contribution is 5.74. The monoisotopic (exact) mass is 307 g/mol. The molecular formula is C17H25NO4. The zero-order valence-electron chi connectivity index (χ0n) is 13.5. The summed E-state index contributed by atoms with van der Waals surface area (Å²) >= 11 is 0. The zero-order valence-corrected chi connectivity index (χ0v) is 13.5. The quantitative estimate of drug-likeness (QED) is 0.665. The minimum Gasteiger partial charge on any atom is -0.459 e. The highest BCUT2D eigenvalue weighted by Gasteiger charge is 2.18. The Morgan fingerprint density at radius 2 is 2.09 bits per heavy atom. The van der Waals surface area contributed by atoms with E-state index in [1.165, 1.54) is 7.11 Å². The summed E-state index contributed by atoms with van der Waals surface area (Å²) in [5.74, 6) is 0.349. The molecule has 2 rings (SSSR count). The molecule has 1 aliphatic heterocycles. The summed E-state index contributed by atoms with van der Waals surface area (Å²) in [5, 5.41) is 3.09. The van der Waals surface area contributed by atoms with Gasteiger partial charge in [-0.1, -0.05) is 37.3 Å². The number of carbonyl (C=O) groups excluding carboxylic acids is 2. The van der Waals surface area contributed by atoms with Crippen molar-refractivity contribution in [2.24, 2.45) is 5.92 Å². The second-order valence-electron chi connectivity index (χ2n) is 5.46. The van der Waals surface area contributed by atoms with Gasteiger partial charge in [0.2, 0.25) is 0 Å². The largest absolute Gasteiger partial charge is 0.459 e. The summed E-state index contributed by atoms with van der Waals surface area (Å²) in [4.78, 5) is 21.3. The predicted molar refractivity (Wildman–Crippen MR) is 84.3 cm³/mol. The third-order valence-electron chi connectivity index (χ3n) is 3.46. The molecule has 22 heavy (non-hydrogen) atoms. The van der Waals surface area contributed by atoms with Crippen LogP contribution in [0.4, 0.5) is 0 Å². The lowest BCUT2D eigenvalue weighted by molar-refractivity contribution is -0.155. The molecule has 1 aromatic rings. The number of carbonyl (C=O) groups is 2. The van der Waals surface area contributed by atoms with E-state index in [2.05, 4.69) is 12.2 Å². The fourth-order valence-corrected chi connectivity index (χ4v) is 2.00. The van der Waals surface area contributed by atoms with Gasteiger partial charge in [-0.15, -0.1) is 0 Å². The molecule has 5 heteroatoms. The van der Waals surface area contributed by atoms with Crippen LogP contribution in [-0.2, 0) is 25.7 Å². The van der Waals surface area contributed by atoms with Crippen molar-refractivity contribution >= 4 is 12.3 Å². The Labute approximate surface area is 132 Å². The molecule has 0 aromatic heterocycles. The maximum absolute atomic E-state index is 11.2. The van der Waals surface area contributed by atoms with Crippen molar-refractivity contribution in [3.05, 3.63) is 35.9 Å². The van der Waals surface area contributed by atoms with Crippen LogP contribution in [0.15, 0.2) is 30.3 Å². The number of benzene rings is 1. The topological polar surface area (TPSA) is 64.6 Å². The first-order valence-corrected chi connectivity index (χ1v) is 7.48. The summed E-state index contributed by atoms with van der Waals surface area (Å²) in [6.07, 6.45) is 1.51. The highest BCUT2D eigenvalue weighted by atomic mass is 16.6. The Bertz CT molecular complexity index is 449. The normalized spacial score (nSPS) is 21.4. The Morgan fingerprint density at radius 1 is 1.41 bits per heavy atom. The minimum absolute atomic E-state index is 0.144. The van der Waals surface area contributed by atoms with E-state index in [-0.39, 0.29) is 12.0 Å². The number of ether oxygens (including phenoxy) is 2. The van der Waals surface area contributed by atoms with Crippen LogP contribution in [0.5, 0.6) is 0 Å². The molecule has 1 aromatic carbocycles. The zero-order chi connectivity index (χ0) is 16.4. The minimum atomic E-state index is -0.501. The van der Waals surface area contributed by atoms with Gasteiger partial charge in [0.1, 0.15) is 12.9 Å². The predicted octanol–water partition coefficient (Wildman–Crippen LogP) is 1.95. The third kappa shape index (κ3) is 6.83. The Balaban J connectivity index is 0.000000255. The summed E-state index contributed by atoms with van der Waals surface area (Å²) < 4.78 is 9.84. The van der Waals surface area contributed by atoms with Gasteiger partial charge in [-0.3, -0.25) is 0 Å². The van der Waals surface area contributed by atoms with Crippen molar-refractivity contribution in [1.29, 1.82) is 0 Å². The molecule has 1 heterocycles. The van der Waals surface area contributed by atoms with Crippen molar-refractivity contribution < 1.29 is 19.1 Å². The molecule has 0 spiro atoms. The van der Waals surface area contributed by atoms with Crippen molar-refractivity contribution in [2.45, 2.75) is 39.0 Å². The molecule has 1 saturated heterocycles. The number of hydrogen-bond donors (Lipinski definition) is 1.